The Labute approximate surface area is 187 Å². The van der Waals surface area contributed by atoms with Crippen molar-refractivity contribution in [2.75, 3.05) is 0 Å². The smallest absolute Gasteiger partial charge is 0.0711 e. The van der Waals surface area contributed by atoms with Gasteiger partial charge in [0.05, 0.1) is 5.52 Å². The summed E-state index contributed by atoms with van der Waals surface area (Å²) in [5.74, 6) is 0.934. The summed E-state index contributed by atoms with van der Waals surface area (Å²) in [5, 5.41) is 1.22. The van der Waals surface area contributed by atoms with Crippen LogP contribution >= 0.6 is 23.5 Å². The molecule has 1 nitrogen and oxygen atoms in total. The van der Waals surface area contributed by atoms with E-state index in [1.54, 1.807) is 0 Å². The van der Waals surface area contributed by atoms with Crippen molar-refractivity contribution in [3.05, 3.63) is 78.0 Å². The zero-order chi connectivity index (χ0) is 20.8. The molecule has 5 rings (SSSR count). The Morgan fingerprint density at radius 1 is 0.700 bits per heavy atom. The summed E-state index contributed by atoms with van der Waals surface area (Å²) in [6.07, 6.45) is 0. The zero-order valence-electron chi connectivity index (χ0n) is 17.8. The van der Waals surface area contributed by atoms with E-state index in [1.807, 2.05) is 23.5 Å². The van der Waals surface area contributed by atoms with Crippen molar-refractivity contribution in [1.29, 1.82) is 0 Å². The second-order valence-corrected chi connectivity index (χ2v) is 10.6. The molecule has 3 heteroatoms. The van der Waals surface area contributed by atoms with Crippen molar-refractivity contribution in [2.45, 2.75) is 59.1 Å². The van der Waals surface area contributed by atoms with Gasteiger partial charge in [-0.3, -0.25) is 4.98 Å². The molecule has 0 atom stereocenters. The van der Waals surface area contributed by atoms with E-state index in [4.69, 9.17) is 4.98 Å². The van der Waals surface area contributed by atoms with Gasteiger partial charge in [0.25, 0.3) is 0 Å². The van der Waals surface area contributed by atoms with E-state index in [-0.39, 0.29) is 0 Å². The third-order valence-electron chi connectivity index (χ3n) is 5.65. The normalized spacial score (nSPS) is 13.0. The Bertz CT molecular complexity index is 1260. The van der Waals surface area contributed by atoms with Gasteiger partial charge in [-0.05, 0) is 58.9 Å². The van der Waals surface area contributed by atoms with E-state index in [2.05, 4.69) is 94.4 Å². The molecule has 0 radical (unpaired) electrons. The number of hydrogen-bond acceptors (Lipinski definition) is 3. The fourth-order valence-corrected chi connectivity index (χ4v) is 6.53. The minimum Gasteiger partial charge on any atom is -0.253 e. The predicted octanol–water partition coefficient (Wildman–Crippen LogP) is 8.76. The highest BCUT2D eigenvalue weighted by molar-refractivity contribution is 8.05. The Morgan fingerprint density at radius 2 is 1.53 bits per heavy atom. The van der Waals surface area contributed by atoms with Gasteiger partial charge >= 0.3 is 0 Å². The van der Waals surface area contributed by atoms with Crippen molar-refractivity contribution in [2.24, 2.45) is 0 Å². The molecule has 1 aromatic heterocycles. The van der Waals surface area contributed by atoms with E-state index in [1.165, 1.54) is 41.7 Å². The molecule has 0 aliphatic carbocycles. The maximum absolute atomic E-state index is 4.89. The van der Waals surface area contributed by atoms with Crippen molar-refractivity contribution in [3.8, 4) is 11.1 Å². The molecule has 3 aromatic carbocycles. The van der Waals surface area contributed by atoms with Gasteiger partial charge in [-0.2, -0.15) is 0 Å². The van der Waals surface area contributed by atoms with Gasteiger partial charge in [0, 0.05) is 30.7 Å². The molecule has 0 fully saturated rings. The number of hydrogen-bond donors (Lipinski definition) is 0. The fourth-order valence-electron chi connectivity index (χ4n) is 3.98. The molecule has 0 bridgehead atoms. The van der Waals surface area contributed by atoms with Crippen LogP contribution in [0.4, 0.5) is 0 Å². The lowest BCUT2D eigenvalue weighted by Gasteiger charge is -2.23. The van der Waals surface area contributed by atoms with Crippen LogP contribution in [0.15, 0.2) is 86.3 Å². The lowest BCUT2D eigenvalue weighted by molar-refractivity contribution is 0.828. The Balaban J connectivity index is 1.63. The summed E-state index contributed by atoms with van der Waals surface area (Å²) in [6.45, 7) is 8.98. The second-order valence-electron chi connectivity index (χ2n) is 8.46. The van der Waals surface area contributed by atoms with Crippen molar-refractivity contribution < 1.29 is 0 Å². The standard InChI is InChI=1S/C27H25NS2/c1-16(2)19-9-7-11-25-27(19)30-24-13-12-18(14-26(24)29-25)21-15-23(17(3)4)28-22-10-6-5-8-20(21)22/h5-17H,1-4H3. The highest BCUT2D eigenvalue weighted by Gasteiger charge is 2.21. The predicted molar refractivity (Wildman–Crippen MR) is 130 cm³/mol. The van der Waals surface area contributed by atoms with E-state index < -0.39 is 0 Å². The molecule has 0 amide bonds. The molecule has 0 saturated heterocycles. The lowest BCUT2D eigenvalue weighted by Crippen LogP contribution is -1.98. The fraction of sp³-hybridized carbons (Fsp3) is 0.222. The first-order chi connectivity index (χ1) is 14.5. The van der Waals surface area contributed by atoms with Gasteiger partial charge in [0.2, 0.25) is 0 Å². The molecule has 1 aliphatic heterocycles. The van der Waals surface area contributed by atoms with Crippen LogP contribution < -0.4 is 0 Å². The van der Waals surface area contributed by atoms with Crippen LogP contribution in [0.25, 0.3) is 22.0 Å². The highest BCUT2D eigenvalue weighted by atomic mass is 32.2. The van der Waals surface area contributed by atoms with E-state index in [0.717, 1.165) is 11.2 Å². The van der Waals surface area contributed by atoms with Crippen LogP contribution in [0.3, 0.4) is 0 Å². The van der Waals surface area contributed by atoms with Crippen LogP contribution in [-0.2, 0) is 0 Å². The summed E-state index contributed by atoms with van der Waals surface area (Å²) in [5.41, 5.74) is 6.22. The number of para-hydroxylation sites is 1. The molecule has 0 spiro atoms. The SMILES string of the molecule is CC(C)c1cc(-c2ccc3c(c2)Sc2cccc(C(C)C)c2S3)c2ccccc2n1. The number of nitrogens with zero attached hydrogens (tertiary/aromatic N) is 1. The summed E-state index contributed by atoms with van der Waals surface area (Å²) < 4.78 is 0. The quantitative estimate of drug-likeness (QED) is 0.285. The average molecular weight is 428 g/mol. The Morgan fingerprint density at radius 3 is 2.33 bits per heavy atom. The molecule has 2 heterocycles. The van der Waals surface area contributed by atoms with Gasteiger partial charge in [-0.1, -0.05) is 87.6 Å². The van der Waals surface area contributed by atoms with Crippen molar-refractivity contribution in [3.63, 3.8) is 0 Å². The van der Waals surface area contributed by atoms with Gasteiger partial charge < -0.3 is 0 Å². The van der Waals surface area contributed by atoms with Crippen LogP contribution in [0.2, 0.25) is 0 Å². The average Bonchev–Trinajstić information content (AvgIpc) is 2.75. The first kappa shape index (κ1) is 19.7. The zero-order valence-corrected chi connectivity index (χ0v) is 19.4. The molecule has 0 saturated carbocycles. The summed E-state index contributed by atoms with van der Waals surface area (Å²) in [7, 11) is 0. The van der Waals surface area contributed by atoms with Gasteiger partial charge in [0.15, 0.2) is 0 Å². The molecule has 1 aliphatic rings. The van der Waals surface area contributed by atoms with Gasteiger partial charge in [0.1, 0.15) is 0 Å². The van der Waals surface area contributed by atoms with Gasteiger partial charge in [-0.25, -0.2) is 0 Å². The minimum atomic E-state index is 0.400. The number of rotatable bonds is 3. The third kappa shape index (κ3) is 3.44. The minimum absolute atomic E-state index is 0.400. The van der Waals surface area contributed by atoms with Crippen LogP contribution in [0.5, 0.6) is 0 Å². The highest BCUT2D eigenvalue weighted by Crippen LogP contribution is 2.51. The third-order valence-corrected chi connectivity index (χ3v) is 8.26. The Kier molecular flexibility index (Phi) is 5.12. The number of fused-ring (bicyclic) bond motifs is 3. The molecule has 0 unspecified atom stereocenters. The molecule has 0 N–H and O–H groups in total. The van der Waals surface area contributed by atoms with E-state index in [9.17, 15) is 0 Å². The number of benzene rings is 3. The maximum Gasteiger partial charge on any atom is 0.0711 e. The molecule has 30 heavy (non-hydrogen) atoms. The number of aromatic nitrogens is 1. The number of pyridine rings is 1. The summed E-state index contributed by atoms with van der Waals surface area (Å²) in [6, 6.07) is 24.4. The molecular weight excluding hydrogens is 402 g/mol. The summed E-state index contributed by atoms with van der Waals surface area (Å²) >= 11 is 3.82. The first-order valence-corrected chi connectivity index (χ1v) is 12.2. The van der Waals surface area contributed by atoms with Gasteiger partial charge in [-0.15, -0.1) is 0 Å². The molecule has 150 valence electrons. The molecule has 4 aromatic rings. The van der Waals surface area contributed by atoms with Crippen molar-refractivity contribution in [1.82, 2.24) is 4.98 Å². The van der Waals surface area contributed by atoms with E-state index in [0.29, 0.717) is 11.8 Å². The summed E-state index contributed by atoms with van der Waals surface area (Å²) in [4.78, 5) is 10.4. The van der Waals surface area contributed by atoms with Crippen molar-refractivity contribution >= 4 is 34.4 Å². The van der Waals surface area contributed by atoms with Crippen LogP contribution in [0, 0.1) is 0 Å². The topological polar surface area (TPSA) is 12.9 Å². The van der Waals surface area contributed by atoms with E-state index >= 15 is 0 Å². The maximum atomic E-state index is 4.89. The Hall–Kier alpha value is -2.23. The molecular formula is C27H25NS2. The second kappa shape index (κ2) is 7.79. The lowest BCUT2D eigenvalue weighted by atomic mass is 9.97. The largest absolute Gasteiger partial charge is 0.253 e. The van der Waals surface area contributed by atoms with Crippen LogP contribution in [-0.4, -0.2) is 4.98 Å². The monoisotopic (exact) mass is 427 g/mol. The van der Waals surface area contributed by atoms with Crippen LogP contribution in [0.1, 0.15) is 50.8 Å². The first-order valence-electron chi connectivity index (χ1n) is 10.5.